The van der Waals surface area contributed by atoms with Crippen LogP contribution in [0.2, 0.25) is 0 Å². The molecule has 0 aliphatic rings. The van der Waals surface area contributed by atoms with Crippen molar-refractivity contribution in [1.82, 2.24) is 4.98 Å². The maximum absolute atomic E-state index is 11.0. The third-order valence-electron chi connectivity index (χ3n) is 2.60. The molecule has 0 unspecified atom stereocenters. The first-order valence-corrected chi connectivity index (χ1v) is 4.96. The molecule has 3 N–H and O–H groups in total. The Labute approximate surface area is 92.7 Å². The number of nitrogens with two attached hydrogens (primary N) is 1. The van der Waals surface area contributed by atoms with Gasteiger partial charge in [0.25, 0.3) is 0 Å². The van der Waals surface area contributed by atoms with Crippen molar-refractivity contribution in [1.29, 1.82) is 5.26 Å². The van der Waals surface area contributed by atoms with Crippen molar-refractivity contribution in [3.63, 3.8) is 0 Å². The zero-order valence-electron chi connectivity index (χ0n) is 8.60. The van der Waals surface area contributed by atoms with Crippen LogP contribution in [0.25, 0.3) is 10.9 Å². The Hall–Kier alpha value is -2.28. The van der Waals surface area contributed by atoms with Crippen molar-refractivity contribution in [2.75, 3.05) is 0 Å². The topological polar surface area (TPSA) is 82.7 Å². The summed E-state index contributed by atoms with van der Waals surface area (Å²) < 4.78 is 0. The summed E-state index contributed by atoms with van der Waals surface area (Å²) in [7, 11) is 0. The minimum absolute atomic E-state index is 0.357. The van der Waals surface area contributed by atoms with E-state index in [2.05, 4.69) is 4.98 Å². The summed E-state index contributed by atoms with van der Waals surface area (Å²) in [6.45, 7) is 0. The number of nitriles is 1. The Morgan fingerprint density at radius 3 is 2.94 bits per heavy atom. The van der Waals surface area contributed by atoms with Crippen LogP contribution >= 0.6 is 0 Å². The van der Waals surface area contributed by atoms with Gasteiger partial charge in [-0.1, -0.05) is 18.2 Å². The number of amides is 1. The highest BCUT2D eigenvalue weighted by molar-refractivity contribution is 5.85. The zero-order valence-corrected chi connectivity index (χ0v) is 8.60. The summed E-state index contributed by atoms with van der Waals surface area (Å²) >= 11 is 0. The molecule has 0 bridgehead atoms. The second kappa shape index (κ2) is 4.07. The van der Waals surface area contributed by atoms with Gasteiger partial charge in [0.2, 0.25) is 5.91 Å². The molecule has 1 aromatic heterocycles. The van der Waals surface area contributed by atoms with Crippen molar-refractivity contribution < 1.29 is 4.79 Å². The van der Waals surface area contributed by atoms with E-state index in [0.717, 1.165) is 16.5 Å². The van der Waals surface area contributed by atoms with Gasteiger partial charge in [0.05, 0.1) is 6.07 Å². The lowest BCUT2D eigenvalue weighted by atomic mass is 10.00. The van der Waals surface area contributed by atoms with Crippen LogP contribution in [0.1, 0.15) is 5.56 Å². The molecule has 1 heterocycles. The zero-order chi connectivity index (χ0) is 11.5. The van der Waals surface area contributed by atoms with Crippen molar-refractivity contribution in [2.45, 2.75) is 6.42 Å². The van der Waals surface area contributed by atoms with Crippen LogP contribution in [0.4, 0.5) is 0 Å². The van der Waals surface area contributed by atoms with E-state index in [4.69, 9.17) is 11.0 Å². The van der Waals surface area contributed by atoms with E-state index in [1.54, 1.807) is 0 Å². The molecule has 2 rings (SSSR count). The first kappa shape index (κ1) is 10.2. The van der Waals surface area contributed by atoms with Crippen LogP contribution in [0, 0.1) is 17.2 Å². The van der Waals surface area contributed by atoms with Gasteiger partial charge in [-0.25, -0.2) is 0 Å². The number of nitrogens with zero attached hydrogens (tertiary/aromatic N) is 1. The minimum atomic E-state index is -0.765. The van der Waals surface area contributed by atoms with E-state index in [0.29, 0.717) is 6.42 Å². The number of carbonyl (C=O) groups excluding carboxylic acids is 1. The quantitative estimate of drug-likeness (QED) is 0.806. The number of H-pyrrole nitrogens is 1. The number of rotatable bonds is 3. The molecule has 0 fully saturated rings. The van der Waals surface area contributed by atoms with Gasteiger partial charge in [0.1, 0.15) is 5.92 Å². The van der Waals surface area contributed by atoms with Crippen molar-refractivity contribution >= 4 is 16.8 Å². The normalized spacial score (nSPS) is 12.2. The highest BCUT2D eigenvalue weighted by atomic mass is 16.1. The maximum Gasteiger partial charge on any atom is 0.235 e. The molecule has 0 radical (unpaired) electrons. The van der Waals surface area contributed by atoms with Crippen LogP contribution < -0.4 is 5.73 Å². The van der Waals surface area contributed by atoms with Gasteiger partial charge in [-0.15, -0.1) is 0 Å². The van der Waals surface area contributed by atoms with Gasteiger partial charge in [0.15, 0.2) is 0 Å². The highest BCUT2D eigenvalue weighted by Gasteiger charge is 2.16. The first-order chi connectivity index (χ1) is 7.72. The van der Waals surface area contributed by atoms with Crippen LogP contribution in [0.5, 0.6) is 0 Å². The predicted molar refractivity (Wildman–Crippen MR) is 60.3 cm³/mol. The molecule has 16 heavy (non-hydrogen) atoms. The monoisotopic (exact) mass is 213 g/mol. The molecule has 2 aromatic rings. The molecule has 1 atom stereocenters. The van der Waals surface area contributed by atoms with Gasteiger partial charge >= 0.3 is 0 Å². The number of aromatic amines is 1. The standard InChI is InChI=1S/C12H11N3O/c13-6-8(12(14)16)5-9-7-15-11-4-2-1-3-10(9)11/h1-4,7-8,15H,5H2,(H2,14,16)/t8-/m0/s1. The molecule has 4 nitrogen and oxygen atoms in total. The lowest BCUT2D eigenvalue weighted by Crippen LogP contribution is -2.23. The number of benzene rings is 1. The molecule has 4 heteroatoms. The largest absolute Gasteiger partial charge is 0.369 e. The van der Waals surface area contributed by atoms with Gasteiger partial charge < -0.3 is 10.7 Å². The first-order valence-electron chi connectivity index (χ1n) is 4.96. The van der Waals surface area contributed by atoms with E-state index in [1.165, 1.54) is 0 Å². The van der Waals surface area contributed by atoms with E-state index < -0.39 is 11.8 Å². The average molecular weight is 213 g/mol. The molecule has 0 aliphatic heterocycles. The molecule has 80 valence electrons. The van der Waals surface area contributed by atoms with Crippen molar-refractivity contribution in [2.24, 2.45) is 11.7 Å². The number of hydrogen-bond acceptors (Lipinski definition) is 2. The summed E-state index contributed by atoms with van der Waals surface area (Å²) in [4.78, 5) is 14.1. The lowest BCUT2D eigenvalue weighted by molar-refractivity contribution is -0.120. The second-order valence-corrected chi connectivity index (χ2v) is 3.65. The van der Waals surface area contributed by atoms with E-state index >= 15 is 0 Å². The molecule has 0 saturated carbocycles. The Morgan fingerprint density at radius 2 is 2.25 bits per heavy atom. The van der Waals surface area contributed by atoms with Crippen LogP contribution in [0.15, 0.2) is 30.5 Å². The molecule has 0 saturated heterocycles. The fraction of sp³-hybridized carbons (Fsp3) is 0.167. The molecule has 0 spiro atoms. The predicted octanol–water partition coefficient (Wildman–Crippen LogP) is 1.34. The Morgan fingerprint density at radius 1 is 1.50 bits per heavy atom. The summed E-state index contributed by atoms with van der Waals surface area (Å²) in [5.74, 6) is -1.34. The Kier molecular flexibility index (Phi) is 2.61. The number of aromatic nitrogens is 1. The van der Waals surface area contributed by atoms with Crippen LogP contribution in [-0.2, 0) is 11.2 Å². The Bertz CT molecular complexity index is 565. The molecular weight excluding hydrogens is 202 g/mol. The number of para-hydroxylation sites is 1. The number of nitrogens with one attached hydrogen (secondary N) is 1. The third-order valence-corrected chi connectivity index (χ3v) is 2.60. The maximum atomic E-state index is 11.0. The second-order valence-electron chi connectivity index (χ2n) is 3.65. The fourth-order valence-corrected chi connectivity index (χ4v) is 1.73. The summed E-state index contributed by atoms with van der Waals surface area (Å²) in [5, 5.41) is 9.84. The molecule has 1 amide bonds. The number of hydrogen-bond donors (Lipinski definition) is 2. The number of carbonyl (C=O) groups is 1. The van der Waals surface area contributed by atoms with Gasteiger partial charge in [0, 0.05) is 17.1 Å². The summed E-state index contributed by atoms with van der Waals surface area (Å²) in [6.07, 6.45) is 2.17. The van der Waals surface area contributed by atoms with Gasteiger partial charge in [-0.05, 0) is 18.1 Å². The minimum Gasteiger partial charge on any atom is -0.369 e. The summed E-state index contributed by atoms with van der Waals surface area (Å²) in [5.41, 5.74) is 7.08. The van der Waals surface area contributed by atoms with E-state index in [-0.39, 0.29) is 0 Å². The smallest absolute Gasteiger partial charge is 0.235 e. The van der Waals surface area contributed by atoms with Crippen LogP contribution in [0.3, 0.4) is 0 Å². The number of primary amides is 1. The highest BCUT2D eigenvalue weighted by Crippen LogP contribution is 2.20. The fourth-order valence-electron chi connectivity index (χ4n) is 1.73. The average Bonchev–Trinajstić information content (AvgIpc) is 2.69. The Balaban J connectivity index is 2.35. The van der Waals surface area contributed by atoms with Crippen LogP contribution in [-0.4, -0.2) is 10.9 Å². The lowest BCUT2D eigenvalue weighted by Gasteiger charge is -2.02. The van der Waals surface area contributed by atoms with E-state index in [1.807, 2.05) is 36.5 Å². The summed E-state index contributed by atoms with van der Waals surface area (Å²) in [6, 6.07) is 9.67. The molecule has 1 aromatic carbocycles. The van der Waals surface area contributed by atoms with Gasteiger partial charge in [-0.2, -0.15) is 5.26 Å². The number of fused-ring (bicyclic) bond motifs is 1. The SMILES string of the molecule is N#C[C@H](Cc1c[nH]c2ccccc12)C(N)=O. The van der Waals surface area contributed by atoms with E-state index in [9.17, 15) is 4.79 Å². The third kappa shape index (κ3) is 1.75. The molecule has 0 aliphatic carbocycles. The van der Waals surface area contributed by atoms with Crippen molar-refractivity contribution in [3.05, 3.63) is 36.0 Å². The van der Waals surface area contributed by atoms with Crippen molar-refractivity contribution in [3.8, 4) is 6.07 Å². The molecular formula is C12H11N3O. The van der Waals surface area contributed by atoms with Gasteiger partial charge in [-0.3, -0.25) is 4.79 Å².